The van der Waals surface area contributed by atoms with Crippen LogP contribution in [0.4, 0.5) is 0 Å². The fourth-order valence-electron chi connectivity index (χ4n) is 3.14. The van der Waals surface area contributed by atoms with E-state index in [1.54, 1.807) is 0 Å². The van der Waals surface area contributed by atoms with Gasteiger partial charge in [-0.25, -0.2) is 0 Å². The molecule has 0 saturated heterocycles. The van der Waals surface area contributed by atoms with Crippen molar-refractivity contribution in [3.63, 3.8) is 0 Å². The zero-order chi connectivity index (χ0) is 14.2. The van der Waals surface area contributed by atoms with Crippen LogP contribution in [-0.2, 0) is 11.3 Å². The lowest BCUT2D eigenvalue weighted by Gasteiger charge is -2.27. The van der Waals surface area contributed by atoms with Crippen LogP contribution in [-0.4, -0.2) is 6.61 Å². The fraction of sp³-hybridized carbons (Fsp3) is 0.579. The molecule has 0 spiro atoms. The molecule has 0 bridgehead atoms. The number of allylic oxidation sites excluding steroid dienone is 2. The number of hydrogen-bond acceptors (Lipinski definition) is 1. The van der Waals surface area contributed by atoms with Crippen molar-refractivity contribution in [2.75, 3.05) is 6.61 Å². The number of rotatable bonds is 6. The van der Waals surface area contributed by atoms with Gasteiger partial charge in [-0.3, -0.25) is 0 Å². The van der Waals surface area contributed by atoms with E-state index < -0.39 is 0 Å². The minimum Gasteiger partial charge on any atom is -0.377 e. The van der Waals surface area contributed by atoms with Crippen LogP contribution < -0.4 is 0 Å². The maximum Gasteiger partial charge on any atom is 0.0716 e. The van der Waals surface area contributed by atoms with Gasteiger partial charge < -0.3 is 4.74 Å². The first-order valence-electron chi connectivity index (χ1n) is 8.13. The van der Waals surface area contributed by atoms with Crippen LogP contribution in [0.25, 0.3) is 0 Å². The first-order valence-corrected chi connectivity index (χ1v) is 8.13. The molecule has 0 aliphatic heterocycles. The highest BCUT2D eigenvalue weighted by atomic mass is 16.5. The third kappa shape index (κ3) is 4.49. The third-order valence-electron chi connectivity index (χ3n) is 4.30. The Morgan fingerprint density at radius 3 is 2.40 bits per heavy atom. The Labute approximate surface area is 124 Å². The van der Waals surface area contributed by atoms with Crippen molar-refractivity contribution in [3.05, 3.63) is 47.5 Å². The van der Waals surface area contributed by atoms with Crippen LogP contribution in [0.5, 0.6) is 0 Å². The molecule has 20 heavy (non-hydrogen) atoms. The Balaban J connectivity index is 1.84. The second kappa shape index (κ2) is 8.26. The highest BCUT2D eigenvalue weighted by molar-refractivity contribution is 5.25. The van der Waals surface area contributed by atoms with E-state index in [2.05, 4.69) is 50.3 Å². The van der Waals surface area contributed by atoms with Crippen molar-refractivity contribution >= 4 is 0 Å². The topological polar surface area (TPSA) is 9.23 Å². The highest BCUT2D eigenvalue weighted by Crippen LogP contribution is 2.36. The van der Waals surface area contributed by atoms with E-state index in [-0.39, 0.29) is 0 Å². The van der Waals surface area contributed by atoms with Gasteiger partial charge >= 0.3 is 0 Å². The number of ether oxygens (including phenoxy) is 1. The van der Waals surface area contributed by atoms with Crippen LogP contribution >= 0.6 is 0 Å². The van der Waals surface area contributed by atoms with Gasteiger partial charge in [-0.15, -0.1) is 0 Å². The Hall–Kier alpha value is -1.08. The second-order valence-electron chi connectivity index (χ2n) is 5.93. The van der Waals surface area contributed by atoms with Gasteiger partial charge in [0.2, 0.25) is 0 Å². The molecule has 0 radical (unpaired) electrons. The molecule has 0 aromatic heterocycles. The molecule has 0 atom stereocenters. The van der Waals surface area contributed by atoms with Gasteiger partial charge in [0.1, 0.15) is 0 Å². The molecule has 0 amide bonds. The van der Waals surface area contributed by atoms with Crippen LogP contribution in [0.3, 0.4) is 0 Å². The molecule has 1 nitrogen and oxygen atoms in total. The summed E-state index contributed by atoms with van der Waals surface area (Å²) in [6.45, 7) is 5.89. The first-order chi connectivity index (χ1) is 9.83. The third-order valence-corrected chi connectivity index (χ3v) is 4.30. The van der Waals surface area contributed by atoms with Crippen molar-refractivity contribution in [3.8, 4) is 0 Å². The summed E-state index contributed by atoms with van der Waals surface area (Å²) in [5.74, 6) is 1.58. The number of benzene rings is 1. The molecule has 0 N–H and O–H groups in total. The largest absolute Gasteiger partial charge is 0.377 e. The van der Waals surface area contributed by atoms with Gasteiger partial charge in [-0.2, -0.15) is 0 Å². The Kier molecular flexibility index (Phi) is 6.32. The lowest BCUT2D eigenvalue weighted by Crippen LogP contribution is -2.11. The zero-order valence-electron chi connectivity index (χ0n) is 13.0. The van der Waals surface area contributed by atoms with Crippen molar-refractivity contribution in [1.82, 2.24) is 0 Å². The summed E-state index contributed by atoms with van der Waals surface area (Å²) < 4.78 is 5.59. The molecule has 1 aromatic carbocycles. The molecule has 1 aliphatic carbocycles. The van der Waals surface area contributed by atoms with Crippen molar-refractivity contribution in [2.45, 2.75) is 58.5 Å². The number of hydrogen-bond donors (Lipinski definition) is 0. The van der Waals surface area contributed by atoms with Crippen molar-refractivity contribution in [2.24, 2.45) is 5.92 Å². The maximum atomic E-state index is 5.59. The molecule has 1 aromatic rings. The lowest BCUT2D eigenvalue weighted by atomic mass is 9.78. The van der Waals surface area contributed by atoms with Crippen LogP contribution in [0.1, 0.15) is 63.0 Å². The highest BCUT2D eigenvalue weighted by Gasteiger charge is 2.20. The first kappa shape index (κ1) is 15.3. The van der Waals surface area contributed by atoms with E-state index in [9.17, 15) is 0 Å². The summed E-state index contributed by atoms with van der Waals surface area (Å²) in [7, 11) is 0. The van der Waals surface area contributed by atoms with Gasteiger partial charge in [0, 0.05) is 6.61 Å². The maximum absolute atomic E-state index is 5.59. The monoisotopic (exact) mass is 272 g/mol. The average Bonchev–Trinajstić information content (AvgIpc) is 2.49. The minimum atomic E-state index is 0.752. The summed E-state index contributed by atoms with van der Waals surface area (Å²) in [6.07, 6.45) is 11.0. The lowest BCUT2D eigenvalue weighted by molar-refractivity contribution is 0.121. The summed E-state index contributed by atoms with van der Waals surface area (Å²) >= 11 is 0. The van der Waals surface area contributed by atoms with Crippen LogP contribution in [0, 0.1) is 5.92 Å². The average molecular weight is 272 g/mol. The Morgan fingerprint density at radius 1 is 1.10 bits per heavy atom. The SMILES string of the molecule is CC=C[C@H]1CC[C@H](c2ccc(COCCC)cc2)CC1. The predicted octanol–water partition coefficient (Wildman–Crippen LogP) is 5.46. The van der Waals surface area contributed by atoms with E-state index in [1.807, 2.05) is 0 Å². The van der Waals surface area contributed by atoms with Gasteiger partial charge in [0.15, 0.2) is 0 Å². The Bertz CT molecular complexity index is 396. The molecule has 1 aliphatic rings. The summed E-state index contributed by atoms with van der Waals surface area (Å²) in [4.78, 5) is 0. The normalized spacial score (nSPS) is 23.3. The molecule has 1 saturated carbocycles. The van der Waals surface area contributed by atoms with Gasteiger partial charge in [0.05, 0.1) is 6.61 Å². The molecule has 1 fully saturated rings. The zero-order valence-corrected chi connectivity index (χ0v) is 13.0. The molecule has 2 rings (SSSR count). The van der Waals surface area contributed by atoms with Gasteiger partial charge in [-0.05, 0) is 62.0 Å². The van der Waals surface area contributed by atoms with Crippen LogP contribution in [0.15, 0.2) is 36.4 Å². The fourth-order valence-corrected chi connectivity index (χ4v) is 3.14. The molecular formula is C19H28O. The molecule has 110 valence electrons. The van der Waals surface area contributed by atoms with Crippen LogP contribution in [0.2, 0.25) is 0 Å². The second-order valence-corrected chi connectivity index (χ2v) is 5.93. The Morgan fingerprint density at radius 2 is 1.80 bits per heavy atom. The predicted molar refractivity (Wildman–Crippen MR) is 85.9 cm³/mol. The van der Waals surface area contributed by atoms with Crippen molar-refractivity contribution < 1.29 is 4.74 Å². The summed E-state index contributed by atoms with van der Waals surface area (Å²) in [6, 6.07) is 9.10. The molecular weight excluding hydrogens is 244 g/mol. The summed E-state index contributed by atoms with van der Waals surface area (Å²) in [5, 5.41) is 0. The van der Waals surface area contributed by atoms with E-state index in [0.29, 0.717) is 0 Å². The van der Waals surface area contributed by atoms with Crippen molar-refractivity contribution in [1.29, 1.82) is 0 Å². The van der Waals surface area contributed by atoms with E-state index >= 15 is 0 Å². The summed E-state index contributed by atoms with van der Waals surface area (Å²) in [5.41, 5.74) is 2.81. The van der Waals surface area contributed by atoms with E-state index in [4.69, 9.17) is 4.74 Å². The van der Waals surface area contributed by atoms with Gasteiger partial charge in [0.25, 0.3) is 0 Å². The minimum absolute atomic E-state index is 0.752. The molecule has 1 heteroatoms. The van der Waals surface area contributed by atoms with E-state index in [1.165, 1.54) is 36.8 Å². The molecule has 0 unspecified atom stereocenters. The standard InChI is InChI=1S/C19H28O/c1-3-5-16-6-10-18(11-7-16)19-12-8-17(9-13-19)15-20-14-4-2/h3,5,8-9,12-13,16,18H,4,6-7,10-11,14-15H2,1-2H3/t16-,18-. The molecule has 0 heterocycles. The van der Waals surface area contributed by atoms with Gasteiger partial charge in [-0.1, -0.05) is 43.3 Å². The quantitative estimate of drug-likeness (QED) is 0.493. The van der Waals surface area contributed by atoms with E-state index in [0.717, 1.165) is 31.5 Å². The smallest absolute Gasteiger partial charge is 0.0716 e.